The maximum Gasteiger partial charge on any atom is 0.453 e. The van der Waals surface area contributed by atoms with Gasteiger partial charge >= 0.3 is 24.0 Å². The molecular formula is C12H8ClF6NO2. The van der Waals surface area contributed by atoms with E-state index in [0.717, 1.165) is 0 Å². The molecule has 1 aliphatic rings. The molecule has 122 valence electrons. The van der Waals surface area contributed by atoms with Gasteiger partial charge in [0.2, 0.25) is 0 Å². The fraction of sp³-hybridized carbons (Fsp3) is 0.417. The number of rotatable bonds is 2. The van der Waals surface area contributed by atoms with Gasteiger partial charge in [-0.1, -0.05) is 30.3 Å². The van der Waals surface area contributed by atoms with Crippen LogP contribution in [0.4, 0.5) is 26.3 Å². The Kier molecular flexibility index (Phi) is 4.07. The quantitative estimate of drug-likeness (QED) is 0.354. The standard InChI is InChI=1S/C12H8ClF6NO2/c13-6-20-8(7-4-2-1-3-5-7)9(21)22-10(20,11(14,15)16)12(17,18)19/h1-5,8H,6H2/t8-/m1/s1. The number of carbonyl (C=O) groups excluding carboxylic acids is 1. The topological polar surface area (TPSA) is 29.5 Å². The van der Waals surface area contributed by atoms with Crippen molar-refractivity contribution in [2.75, 3.05) is 6.00 Å². The Morgan fingerprint density at radius 2 is 1.59 bits per heavy atom. The minimum absolute atomic E-state index is 0.0801. The second-order valence-electron chi connectivity index (χ2n) is 4.46. The molecule has 3 nitrogen and oxygen atoms in total. The molecule has 22 heavy (non-hydrogen) atoms. The molecule has 0 aliphatic carbocycles. The zero-order chi connectivity index (χ0) is 16.8. The molecule has 0 aromatic heterocycles. The first-order valence-corrected chi connectivity index (χ1v) is 6.33. The van der Waals surface area contributed by atoms with Crippen molar-refractivity contribution in [1.29, 1.82) is 0 Å². The highest BCUT2D eigenvalue weighted by molar-refractivity contribution is 6.17. The fourth-order valence-corrected chi connectivity index (χ4v) is 2.58. The van der Waals surface area contributed by atoms with Gasteiger partial charge in [-0.3, -0.25) is 0 Å². The van der Waals surface area contributed by atoms with E-state index in [4.69, 9.17) is 11.6 Å². The summed E-state index contributed by atoms with van der Waals surface area (Å²) < 4.78 is 82.5. The van der Waals surface area contributed by atoms with Crippen LogP contribution in [0.25, 0.3) is 0 Å². The predicted molar refractivity (Wildman–Crippen MR) is 62.7 cm³/mol. The fourth-order valence-electron chi connectivity index (χ4n) is 2.28. The van der Waals surface area contributed by atoms with Gasteiger partial charge in [-0.05, 0) is 5.56 Å². The molecule has 0 spiro atoms. The number of nitrogens with zero attached hydrogens (tertiary/aromatic N) is 1. The van der Waals surface area contributed by atoms with Crippen LogP contribution in [0, 0.1) is 0 Å². The van der Waals surface area contributed by atoms with Crippen LogP contribution in [-0.2, 0) is 9.53 Å². The second kappa shape index (κ2) is 5.31. The zero-order valence-corrected chi connectivity index (χ0v) is 11.3. The number of cyclic esters (lactones) is 1. The number of carbonyl (C=O) groups is 1. The number of benzene rings is 1. The van der Waals surface area contributed by atoms with E-state index in [1.165, 1.54) is 30.3 Å². The van der Waals surface area contributed by atoms with Crippen molar-refractivity contribution >= 4 is 17.6 Å². The predicted octanol–water partition coefficient (Wildman–Crippen LogP) is 3.60. The van der Waals surface area contributed by atoms with Crippen LogP contribution in [0.5, 0.6) is 0 Å². The Morgan fingerprint density at radius 1 is 1.09 bits per heavy atom. The number of esters is 1. The molecule has 1 atom stereocenters. The molecule has 0 radical (unpaired) electrons. The molecule has 2 rings (SSSR count). The third-order valence-corrected chi connectivity index (χ3v) is 3.46. The molecule has 1 aliphatic heterocycles. The Hall–Kier alpha value is -1.48. The van der Waals surface area contributed by atoms with Crippen LogP contribution < -0.4 is 0 Å². The minimum atomic E-state index is -5.90. The number of hydrogen-bond acceptors (Lipinski definition) is 3. The summed E-state index contributed by atoms with van der Waals surface area (Å²) in [6.45, 7) is 0. The summed E-state index contributed by atoms with van der Waals surface area (Å²) in [6, 6.07) is 3.57. The van der Waals surface area contributed by atoms with E-state index in [1.807, 2.05) is 0 Å². The summed E-state index contributed by atoms with van der Waals surface area (Å²) in [5.74, 6) is -1.67. The lowest BCUT2D eigenvalue weighted by Gasteiger charge is -2.38. The van der Waals surface area contributed by atoms with Gasteiger partial charge in [0.1, 0.15) is 6.04 Å². The van der Waals surface area contributed by atoms with Crippen LogP contribution in [0.15, 0.2) is 30.3 Å². The second-order valence-corrected chi connectivity index (χ2v) is 4.70. The van der Waals surface area contributed by atoms with E-state index in [-0.39, 0.29) is 10.5 Å². The van der Waals surface area contributed by atoms with Gasteiger partial charge in [0, 0.05) is 0 Å². The number of alkyl halides is 7. The van der Waals surface area contributed by atoms with Crippen molar-refractivity contribution in [3.63, 3.8) is 0 Å². The van der Waals surface area contributed by atoms with Gasteiger partial charge in [-0.25, -0.2) is 9.69 Å². The maximum absolute atomic E-state index is 13.1. The first kappa shape index (κ1) is 16.9. The smallest absolute Gasteiger partial charge is 0.423 e. The molecule has 0 N–H and O–H groups in total. The van der Waals surface area contributed by atoms with E-state index in [1.54, 1.807) is 0 Å². The molecule has 1 fully saturated rings. The van der Waals surface area contributed by atoms with Crippen LogP contribution in [0.2, 0.25) is 0 Å². The van der Waals surface area contributed by atoms with Gasteiger partial charge in [0.05, 0.1) is 6.00 Å². The van der Waals surface area contributed by atoms with Gasteiger partial charge < -0.3 is 4.74 Å². The molecule has 10 heteroatoms. The largest absolute Gasteiger partial charge is 0.453 e. The van der Waals surface area contributed by atoms with E-state index >= 15 is 0 Å². The average Bonchev–Trinajstić information content (AvgIpc) is 2.72. The Morgan fingerprint density at radius 3 is 2.00 bits per heavy atom. The molecule has 1 heterocycles. The summed E-state index contributed by atoms with van der Waals surface area (Å²) >= 11 is 5.31. The van der Waals surface area contributed by atoms with E-state index < -0.39 is 36.1 Å². The highest BCUT2D eigenvalue weighted by Gasteiger charge is 2.81. The van der Waals surface area contributed by atoms with Crippen LogP contribution in [0.1, 0.15) is 11.6 Å². The Labute approximate surface area is 125 Å². The van der Waals surface area contributed by atoms with Crippen molar-refractivity contribution in [2.24, 2.45) is 0 Å². The highest BCUT2D eigenvalue weighted by Crippen LogP contribution is 2.55. The summed E-state index contributed by atoms with van der Waals surface area (Å²) in [5.41, 5.74) is -4.84. The third-order valence-electron chi connectivity index (χ3n) is 3.20. The third kappa shape index (κ3) is 2.32. The van der Waals surface area contributed by atoms with Gasteiger partial charge in [0.15, 0.2) is 0 Å². The van der Waals surface area contributed by atoms with Crippen molar-refractivity contribution in [2.45, 2.75) is 24.1 Å². The Bertz CT molecular complexity index is 545. The monoisotopic (exact) mass is 347 g/mol. The molecule has 0 saturated carbocycles. The highest BCUT2D eigenvalue weighted by atomic mass is 35.5. The summed E-state index contributed by atoms with van der Waals surface area (Å²) in [4.78, 5) is 11.5. The summed E-state index contributed by atoms with van der Waals surface area (Å²) in [6.07, 6.45) is -11.8. The maximum atomic E-state index is 13.1. The van der Waals surface area contributed by atoms with Crippen LogP contribution in [0.3, 0.4) is 0 Å². The lowest BCUT2D eigenvalue weighted by Crippen LogP contribution is -2.65. The first-order chi connectivity index (χ1) is 10.1. The Balaban J connectivity index is 2.62. The average molecular weight is 348 g/mol. The van der Waals surface area contributed by atoms with Crippen LogP contribution in [-0.4, -0.2) is 35.0 Å². The van der Waals surface area contributed by atoms with E-state index in [9.17, 15) is 31.1 Å². The molecule has 0 unspecified atom stereocenters. The molecular weight excluding hydrogens is 340 g/mol. The lowest BCUT2D eigenvalue weighted by molar-refractivity contribution is -0.400. The van der Waals surface area contributed by atoms with Crippen molar-refractivity contribution < 1.29 is 35.9 Å². The summed E-state index contributed by atoms with van der Waals surface area (Å²) in [5, 5.41) is 0. The van der Waals surface area contributed by atoms with Crippen molar-refractivity contribution in [1.82, 2.24) is 4.90 Å². The van der Waals surface area contributed by atoms with E-state index in [0.29, 0.717) is 0 Å². The minimum Gasteiger partial charge on any atom is -0.423 e. The van der Waals surface area contributed by atoms with Crippen LogP contribution >= 0.6 is 11.6 Å². The van der Waals surface area contributed by atoms with Gasteiger partial charge in [0.25, 0.3) is 0 Å². The molecule has 0 amide bonds. The van der Waals surface area contributed by atoms with Crippen molar-refractivity contribution in [3.8, 4) is 0 Å². The van der Waals surface area contributed by atoms with Gasteiger partial charge in [-0.2, -0.15) is 26.3 Å². The van der Waals surface area contributed by atoms with E-state index in [2.05, 4.69) is 4.74 Å². The zero-order valence-electron chi connectivity index (χ0n) is 10.6. The molecule has 0 bridgehead atoms. The molecule has 1 aromatic carbocycles. The van der Waals surface area contributed by atoms with Gasteiger partial charge in [-0.15, -0.1) is 11.6 Å². The first-order valence-electron chi connectivity index (χ1n) is 5.80. The normalized spacial score (nSPS) is 22.7. The number of halogens is 7. The number of ether oxygens (including phenoxy) is 1. The molecule has 1 saturated heterocycles. The summed E-state index contributed by atoms with van der Waals surface area (Å²) in [7, 11) is 0. The lowest BCUT2D eigenvalue weighted by atomic mass is 10.0. The number of hydrogen-bond donors (Lipinski definition) is 0. The van der Waals surface area contributed by atoms with Crippen molar-refractivity contribution in [3.05, 3.63) is 35.9 Å². The molecule has 1 aromatic rings. The SMILES string of the molecule is O=C1OC(C(F)(F)F)(C(F)(F)F)N(CCl)[C@@H]1c1ccccc1.